The largest absolute Gasteiger partial charge is 0.368 e. The second-order valence-corrected chi connectivity index (χ2v) is 9.13. The van der Waals surface area contributed by atoms with Crippen molar-refractivity contribution in [3.05, 3.63) is 78.1 Å². The van der Waals surface area contributed by atoms with Crippen molar-refractivity contribution < 1.29 is 13.2 Å². The quantitative estimate of drug-likeness (QED) is 0.354. The van der Waals surface area contributed by atoms with Crippen LogP contribution in [0.2, 0.25) is 0 Å². The molecule has 0 saturated carbocycles. The minimum atomic E-state index is -1.64. The molecule has 0 spiro atoms. The first-order valence-corrected chi connectivity index (χ1v) is 11.9. The Morgan fingerprint density at radius 2 is 1.82 bits per heavy atom. The Morgan fingerprint density at radius 1 is 1.05 bits per heavy atom. The zero-order chi connectivity index (χ0) is 26.4. The van der Waals surface area contributed by atoms with E-state index < -0.39 is 17.3 Å². The van der Waals surface area contributed by atoms with E-state index >= 15 is 4.39 Å². The highest BCUT2D eigenvalue weighted by Gasteiger charge is 2.41. The van der Waals surface area contributed by atoms with Crippen molar-refractivity contribution >= 4 is 11.2 Å². The minimum Gasteiger partial charge on any atom is -0.368 e. The van der Waals surface area contributed by atoms with E-state index in [-0.39, 0.29) is 29.9 Å². The Labute approximate surface area is 214 Å². The van der Waals surface area contributed by atoms with Crippen LogP contribution >= 0.6 is 0 Å². The fourth-order valence-corrected chi connectivity index (χ4v) is 4.99. The zero-order valence-corrected chi connectivity index (χ0v) is 20.2. The summed E-state index contributed by atoms with van der Waals surface area (Å²) in [5, 5.41) is 26.3. The number of aryl methyl sites for hydroxylation is 1. The molecular weight excluding hydrogens is 495 g/mol. The molecule has 0 atom stereocenters. The molecule has 6 rings (SSSR count). The number of piperidine rings is 1. The van der Waals surface area contributed by atoms with Crippen LogP contribution in [-0.2, 0) is 12.7 Å². The zero-order valence-electron chi connectivity index (χ0n) is 20.2. The Balaban J connectivity index is 1.39. The molecule has 0 N–H and O–H groups in total. The third-order valence-corrected chi connectivity index (χ3v) is 6.89. The van der Waals surface area contributed by atoms with E-state index in [1.165, 1.54) is 29.3 Å². The molecule has 5 heterocycles. The predicted molar refractivity (Wildman–Crippen MR) is 132 cm³/mol. The molecule has 0 amide bonds. The van der Waals surface area contributed by atoms with E-state index in [1.807, 2.05) is 4.90 Å². The van der Waals surface area contributed by atoms with Crippen LogP contribution < -0.4 is 4.90 Å². The third-order valence-electron chi connectivity index (χ3n) is 6.89. The third kappa shape index (κ3) is 3.75. The molecule has 1 aromatic carbocycles. The smallest absolute Gasteiger partial charge is 0.173 e. The molecule has 1 aliphatic heterocycles. The molecule has 12 heteroatoms. The number of benzene rings is 1. The highest BCUT2D eigenvalue weighted by atomic mass is 19.1. The van der Waals surface area contributed by atoms with Gasteiger partial charge in [0.1, 0.15) is 24.0 Å². The maximum atomic E-state index is 15.8. The van der Waals surface area contributed by atoms with Crippen LogP contribution in [0.15, 0.2) is 55.1 Å². The van der Waals surface area contributed by atoms with Gasteiger partial charge in [0.2, 0.25) is 0 Å². The molecule has 4 aromatic heterocycles. The van der Waals surface area contributed by atoms with Gasteiger partial charge in [-0.2, -0.15) is 15.0 Å². The van der Waals surface area contributed by atoms with Gasteiger partial charge in [-0.25, -0.2) is 13.2 Å². The molecule has 5 aromatic rings. The van der Waals surface area contributed by atoms with Crippen molar-refractivity contribution in [2.75, 3.05) is 18.0 Å². The van der Waals surface area contributed by atoms with Crippen molar-refractivity contribution in [3.63, 3.8) is 0 Å². The number of nitrogens with zero attached hydrogens (tertiary/aromatic N) is 9. The van der Waals surface area contributed by atoms with Gasteiger partial charge in [-0.15, -0.1) is 15.3 Å². The topological polar surface area (TPSA) is 101 Å². The van der Waals surface area contributed by atoms with Crippen LogP contribution in [0.3, 0.4) is 0 Å². The summed E-state index contributed by atoms with van der Waals surface area (Å²) in [5.74, 6) is -1.18. The monoisotopic (exact) mass is 515 g/mol. The number of aromatic nitrogens is 7. The lowest BCUT2D eigenvalue weighted by Gasteiger charge is -2.37. The molecule has 190 valence electrons. The van der Waals surface area contributed by atoms with Gasteiger partial charge in [0.05, 0.1) is 45.5 Å². The van der Waals surface area contributed by atoms with Crippen molar-refractivity contribution in [2.24, 2.45) is 7.05 Å². The van der Waals surface area contributed by atoms with Gasteiger partial charge in [-0.3, -0.25) is 4.98 Å². The lowest BCUT2D eigenvalue weighted by molar-refractivity contribution is 0.109. The maximum absolute atomic E-state index is 15.8. The summed E-state index contributed by atoms with van der Waals surface area (Å²) in [6.07, 6.45) is 4.86. The molecule has 38 heavy (non-hydrogen) atoms. The predicted octanol–water partition coefficient (Wildman–Crippen LogP) is 4.20. The average Bonchev–Trinajstić information content (AvgIpc) is 3.55. The van der Waals surface area contributed by atoms with Crippen molar-refractivity contribution in [2.45, 2.75) is 18.5 Å². The van der Waals surface area contributed by atoms with E-state index in [1.54, 1.807) is 29.9 Å². The van der Waals surface area contributed by atoms with Crippen molar-refractivity contribution in [1.82, 2.24) is 34.6 Å². The van der Waals surface area contributed by atoms with Gasteiger partial charge in [0.15, 0.2) is 11.5 Å². The number of hydrogen-bond acceptors (Lipinski definition) is 7. The van der Waals surface area contributed by atoms with Crippen LogP contribution in [0.5, 0.6) is 0 Å². The average molecular weight is 516 g/mol. The fourth-order valence-electron chi connectivity index (χ4n) is 4.99. The van der Waals surface area contributed by atoms with Crippen LogP contribution in [0, 0.1) is 23.0 Å². The lowest BCUT2D eigenvalue weighted by atomic mass is 9.91. The molecule has 9 nitrogen and oxygen atoms in total. The van der Waals surface area contributed by atoms with E-state index in [0.29, 0.717) is 41.1 Å². The fraction of sp³-hybridized carbons (Fsp3) is 0.231. The Kier molecular flexibility index (Phi) is 5.56. The summed E-state index contributed by atoms with van der Waals surface area (Å²) in [5.41, 5.74) is 0.746. The van der Waals surface area contributed by atoms with Gasteiger partial charge in [-0.05, 0) is 30.3 Å². The molecule has 0 unspecified atom stereocenters. The molecule has 1 saturated heterocycles. The summed E-state index contributed by atoms with van der Waals surface area (Å²) < 4.78 is 47.3. The molecular formula is C26H20F3N9. The number of hydrogen-bond donors (Lipinski definition) is 0. The van der Waals surface area contributed by atoms with Gasteiger partial charge in [-0.1, -0.05) is 6.07 Å². The van der Waals surface area contributed by atoms with Crippen LogP contribution in [-0.4, -0.2) is 47.7 Å². The number of alkyl halides is 1. The second-order valence-electron chi connectivity index (χ2n) is 9.13. The highest BCUT2D eigenvalue weighted by Crippen LogP contribution is 2.41. The summed E-state index contributed by atoms with van der Waals surface area (Å²) in [4.78, 5) is 6.49. The second kappa shape index (κ2) is 8.95. The van der Waals surface area contributed by atoms with Gasteiger partial charge < -0.3 is 9.47 Å². The number of halogens is 3. The van der Waals surface area contributed by atoms with Crippen molar-refractivity contribution in [1.29, 1.82) is 5.26 Å². The molecule has 0 radical (unpaired) electrons. The summed E-state index contributed by atoms with van der Waals surface area (Å²) >= 11 is 0. The van der Waals surface area contributed by atoms with E-state index in [9.17, 15) is 14.0 Å². The summed E-state index contributed by atoms with van der Waals surface area (Å²) in [6.45, 7) is 0.649. The molecule has 1 fully saturated rings. The van der Waals surface area contributed by atoms with Crippen LogP contribution in [0.25, 0.3) is 28.0 Å². The Hall–Kier alpha value is -4.79. The minimum absolute atomic E-state index is 0.0841. The summed E-state index contributed by atoms with van der Waals surface area (Å²) in [6, 6.07) is 10.6. The molecule has 0 aliphatic carbocycles. The van der Waals surface area contributed by atoms with Crippen LogP contribution in [0.1, 0.15) is 24.2 Å². The SMILES string of the molecule is Cn1cnnc1C1(F)CCN(c2c(C#N)ccnc2-c2cnn3nc(-c4c(F)cccc4F)ccc23)CC1. The first-order chi connectivity index (χ1) is 18.4. The first-order valence-electron chi connectivity index (χ1n) is 11.9. The Bertz CT molecular complexity index is 1690. The number of fused-ring (bicyclic) bond motifs is 1. The lowest BCUT2D eigenvalue weighted by Crippen LogP contribution is -2.42. The van der Waals surface area contributed by atoms with Crippen molar-refractivity contribution in [3.8, 4) is 28.6 Å². The Morgan fingerprint density at radius 3 is 2.50 bits per heavy atom. The van der Waals surface area contributed by atoms with E-state index in [0.717, 1.165) is 12.1 Å². The molecule has 1 aliphatic rings. The molecule has 0 bridgehead atoms. The maximum Gasteiger partial charge on any atom is 0.173 e. The van der Waals surface area contributed by atoms with Gasteiger partial charge in [0.25, 0.3) is 0 Å². The number of anilines is 1. The van der Waals surface area contributed by atoms with Gasteiger partial charge in [0, 0.05) is 39.2 Å². The highest BCUT2D eigenvalue weighted by molar-refractivity contribution is 5.88. The normalized spacial score (nSPS) is 15.1. The van der Waals surface area contributed by atoms with Crippen LogP contribution in [0.4, 0.5) is 18.9 Å². The standard InChI is InChI=1S/C26H20F3N9/c1-36-15-32-34-25(36)26(29)8-11-37(12-9-26)24-16(13-30)7-10-31-23(24)17-14-33-38-21(17)6-5-20(35-38)22-18(27)3-2-4-19(22)28/h2-7,10,14-15H,8-9,11-12H2,1H3. The van der Waals surface area contributed by atoms with E-state index in [2.05, 4.69) is 31.4 Å². The number of rotatable bonds is 4. The van der Waals surface area contributed by atoms with E-state index in [4.69, 9.17) is 0 Å². The first kappa shape index (κ1) is 23.6. The van der Waals surface area contributed by atoms with Gasteiger partial charge >= 0.3 is 0 Å². The summed E-state index contributed by atoms with van der Waals surface area (Å²) in [7, 11) is 1.71. The number of pyridine rings is 1. The number of nitriles is 1.